The fourth-order valence-electron chi connectivity index (χ4n) is 2.08. The van der Waals surface area contributed by atoms with E-state index in [1.807, 2.05) is 18.2 Å². The van der Waals surface area contributed by atoms with Crippen LogP contribution in [0.4, 0.5) is 4.39 Å². The zero-order chi connectivity index (χ0) is 9.80. The fraction of sp³-hybridized carbons (Fsp3) is 0.500. The van der Waals surface area contributed by atoms with Gasteiger partial charge in [-0.25, -0.2) is 0 Å². The molecule has 1 N–H and O–H groups in total. The Kier molecular flexibility index (Phi) is 3.14. The van der Waals surface area contributed by atoms with Crippen LogP contribution in [0.1, 0.15) is 24.4 Å². The predicted molar refractivity (Wildman–Crippen MR) is 55.9 cm³/mol. The van der Waals surface area contributed by atoms with Crippen LogP contribution in [0.2, 0.25) is 0 Å². The molecule has 0 aromatic heterocycles. The molecule has 0 radical (unpaired) electrons. The van der Waals surface area contributed by atoms with E-state index in [1.54, 1.807) is 0 Å². The molecule has 1 heterocycles. The van der Waals surface area contributed by atoms with Crippen LogP contribution in [0.5, 0.6) is 0 Å². The Bertz CT molecular complexity index is 273. The average molecular weight is 193 g/mol. The Hall–Kier alpha value is -0.890. The minimum atomic E-state index is -0.176. The van der Waals surface area contributed by atoms with Gasteiger partial charge in [-0.3, -0.25) is 4.39 Å². The Morgan fingerprint density at radius 3 is 2.79 bits per heavy atom. The van der Waals surface area contributed by atoms with Crippen molar-refractivity contribution in [2.75, 3.05) is 13.2 Å². The third-order valence-corrected chi connectivity index (χ3v) is 2.93. The Morgan fingerprint density at radius 2 is 2.07 bits per heavy atom. The molecule has 1 aromatic carbocycles. The van der Waals surface area contributed by atoms with Gasteiger partial charge in [-0.1, -0.05) is 30.3 Å². The van der Waals surface area contributed by atoms with Crippen molar-refractivity contribution < 1.29 is 4.39 Å². The summed E-state index contributed by atoms with van der Waals surface area (Å²) >= 11 is 0. The van der Waals surface area contributed by atoms with Gasteiger partial charge in [0, 0.05) is 6.04 Å². The molecule has 1 fully saturated rings. The standard InChI is InChI=1S/C12H16FN/c13-9-10-6-7-14-12(8-10)11-4-2-1-3-5-11/h1-5,10,12,14H,6-9H2. The number of rotatable bonds is 2. The lowest BCUT2D eigenvalue weighted by Gasteiger charge is -2.29. The van der Waals surface area contributed by atoms with Crippen LogP contribution in [0, 0.1) is 5.92 Å². The minimum Gasteiger partial charge on any atom is -0.310 e. The number of piperidine rings is 1. The van der Waals surface area contributed by atoms with Crippen molar-refractivity contribution in [1.82, 2.24) is 5.32 Å². The summed E-state index contributed by atoms with van der Waals surface area (Å²) in [7, 11) is 0. The van der Waals surface area contributed by atoms with Crippen molar-refractivity contribution in [2.45, 2.75) is 18.9 Å². The number of hydrogen-bond donors (Lipinski definition) is 1. The summed E-state index contributed by atoms with van der Waals surface area (Å²) in [5.74, 6) is 0.251. The number of hydrogen-bond acceptors (Lipinski definition) is 1. The van der Waals surface area contributed by atoms with Crippen LogP contribution in [-0.4, -0.2) is 13.2 Å². The molecule has 14 heavy (non-hydrogen) atoms. The van der Waals surface area contributed by atoms with Gasteiger partial charge < -0.3 is 5.32 Å². The highest BCUT2D eigenvalue weighted by atomic mass is 19.1. The monoisotopic (exact) mass is 193 g/mol. The van der Waals surface area contributed by atoms with Crippen LogP contribution in [-0.2, 0) is 0 Å². The van der Waals surface area contributed by atoms with Crippen molar-refractivity contribution in [3.63, 3.8) is 0 Å². The maximum atomic E-state index is 12.5. The first-order valence-electron chi connectivity index (χ1n) is 5.24. The zero-order valence-corrected chi connectivity index (χ0v) is 8.25. The molecule has 1 nitrogen and oxygen atoms in total. The molecule has 0 spiro atoms. The summed E-state index contributed by atoms with van der Waals surface area (Å²) in [5, 5.41) is 3.43. The Morgan fingerprint density at radius 1 is 1.29 bits per heavy atom. The van der Waals surface area contributed by atoms with E-state index >= 15 is 0 Å². The number of nitrogens with one attached hydrogen (secondary N) is 1. The van der Waals surface area contributed by atoms with Crippen LogP contribution >= 0.6 is 0 Å². The third kappa shape index (κ3) is 2.13. The second-order valence-corrected chi connectivity index (χ2v) is 3.96. The molecular formula is C12H16FN. The van der Waals surface area contributed by atoms with Crippen molar-refractivity contribution in [3.05, 3.63) is 35.9 Å². The molecule has 2 heteroatoms. The van der Waals surface area contributed by atoms with Crippen molar-refractivity contribution >= 4 is 0 Å². The number of benzene rings is 1. The van der Waals surface area contributed by atoms with Gasteiger partial charge in [0.2, 0.25) is 0 Å². The molecular weight excluding hydrogens is 177 g/mol. The topological polar surface area (TPSA) is 12.0 Å². The average Bonchev–Trinajstić information content (AvgIpc) is 2.30. The van der Waals surface area contributed by atoms with Crippen LogP contribution in [0.15, 0.2) is 30.3 Å². The smallest absolute Gasteiger partial charge is 0.0923 e. The summed E-state index contributed by atoms with van der Waals surface area (Å²) in [5.41, 5.74) is 1.28. The second-order valence-electron chi connectivity index (χ2n) is 3.96. The zero-order valence-electron chi connectivity index (χ0n) is 8.25. The largest absolute Gasteiger partial charge is 0.310 e. The number of alkyl halides is 1. The van der Waals surface area contributed by atoms with E-state index in [0.29, 0.717) is 6.04 Å². The van der Waals surface area contributed by atoms with Gasteiger partial charge in [-0.2, -0.15) is 0 Å². The molecule has 1 saturated heterocycles. The molecule has 0 bridgehead atoms. The molecule has 2 unspecified atom stereocenters. The first-order valence-corrected chi connectivity index (χ1v) is 5.24. The molecule has 1 aliphatic heterocycles. The lowest BCUT2D eigenvalue weighted by Crippen LogP contribution is -2.32. The van der Waals surface area contributed by atoms with E-state index in [4.69, 9.17) is 0 Å². The normalized spacial score (nSPS) is 27.5. The summed E-state index contributed by atoms with van der Waals surface area (Å²) in [4.78, 5) is 0. The lowest BCUT2D eigenvalue weighted by atomic mass is 9.90. The van der Waals surface area contributed by atoms with Crippen molar-refractivity contribution in [2.24, 2.45) is 5.92 Å². The lowest BCUT2D eigenvalue weighted by molar-refractivity contribution is 0.250. The highest BCUT2D eigenvalue weighted by molar-refractivity contribution is 5.19. The summed E-state index contributed by atoms with van der Waals surface area (Å²) in [6.45, 7) is 0.763. The van der Waals surface area contributed by atoms with Crippen LogP contribution < -0.4 is 5.32 Å². The van der Waals surface area contributed by atoms with Crippen molar-refractivity contribution in [3.8, 4) is 0 Å². The first kappa shape index (κ1) is 9.66. The molecule has 0 amide bonds. The molecule has 0 aliphatic carbocycles. The second kappa shape index (κ2) is 4.56. The van der Waals surface area contributed by atoms with E-state index < -0.39 is 0 Å². The maximum absolute atomic E-state index is 12.5. The number of halogens is 1. The summed E-state index contributed by atoms with van der Waals surface area (Å²) in [6.07, 6.45) is 1.90. The van der Waals surface area contributed by atoms with Gasteiger partial charge in [0.15, 0.2) is 0 Å². The molecule has 1 aromatic rings. The minimum absolute atomic E-state index is 0.176. The summed E-state index contributed by atoms with van der Waals surface area (Å²) in [6, 6.07) is 10.7. The van der Waals surface area contributed by atoms with Gasteiger partial charge in [0.25, 0.3) is 0 Å². The van der Waals surface area contributed by atoms with Gasteiger partial charge in [-0.15, -0.1) is 0 Å². The van der Waals surface area contributed by atoms with E-state index in [9.17, 15) is 4.39 Å². The molecule has 0 saturated carbocycles. The van der Waals surface area contributed by atoms with E-state index in [-0.39, 0.29) is 12.6 Å². The summed E-state index contributed by atoms with van der Waals surface area (Å²) < 4.78 is 12.5. The van der Waals surface area contributed by atoms with E-state index in [0.717, 1.165) is 19.4 Å². The van der Waals surface area contributed by atoms with Gasteiger partial charge in [-0.05, 0) is 30.9 Å². The Balaban J connectivity index is 2.04. The first-order chi connectivity index (χ1) is 6.90. The third-order valence-electron chi connectivity index (χ3n) is 2.93. The Labute approximate surface area is 84.3 Å². The molecule has 2 rings (SSSR count). The van der Waals surface area contributed by atoms with Crippen molar-refractivity contribution in [1.29, 1.82) is 0 Å². The highest BCUT2D eigenvalue weighted by Crippen LogP contribution is 2.27. The van der Waals surface area contributed by atoms with Crippen LogP contribution in [0.25, 0.3) is 0 Å². The van der Waals surface area contributed by atoms with Gasteiger partial charge in [0.1, 0.15) is 0 Å². The SMILES string of the molecule is FCC1CCNC(c2ccccc2)C1. The van der Waals surface area contributed by atoms with E-state index in [2.05, 4.69) is 17.4 Å². The molecule has 76 valence electrons. The maximum Gasteiger partial charge on any atom is 0.0923 e. The van der Waals surface area contributed by atoms with Gasteiger partial charge >= 0.3 is 0 Å². The van der Waals surface area contributed by atoms with Gasteiger partial charge in [0.05, 0.1) is 6.67 Å². The highest BCUT2D eigenvalue weighted by Gasteiger charge is 2.21. The molecule has 1 aliphatic rings. The molecule has 2 atom stereocenters. The fourth-order valence-corrected chi connectivity index (χ4v) is 2.08. The quantitative estimate of drug-likeness (QED) is 0.761. The van der Waals surface area contributed by atoms with Crippen LogP contribution in [0.3, 0.4) is 0 Å². The predicted octanol–water partition coefficient (Wildman–Crippen LogP) is 2.70. The van der Waals surface area contributed by atoms with E-state index in [1.165, 1.54) is 5.56 Å².